The minimum atomic E-state index is -0.348. The third kappa shape index (κ3) is 5.13. The van der Waals surface area contributed by atoms with Crippen molar-refractivity contribution in [2.45, 2.75) is 43.8 Å². The fourth-order valence-corrected chi connectivity index (χ4v) is 4.40. The zero-order valence-electron chi connectivity index (χ0n) is 15.8. The van der Waals surface area contributed by atoms with Gasteiger partial charge >= 0.3 is 11.9 Å². The van der Waals surface area contributed by atoms with Gasteiger partial charge in [-0.1, -0.05) is 42.3 Å². The predicted octanol–water partition coefficient (Wildman–Crippen LogP) is 4.58. The zero-order valence-corrected chi connectivity index (χ0v) is 16.6. The lowest BCUT2D eigenvalue weighted by atomic mass is 10.1. The monoisotopic (exact) mass is 384 g/mol. The molecule has 0 aromatic heterocycles. The molecule has 1 fully saturated rings. The maximum atomic E-state index is 12.4. The van der Waals surface area contributed by atoms with Crippen LogP contribution in [0.25, 0.3) is 0 Å². The van der Waals surface area contributed by atoms with E-state index in [-0.39, 0.29) is 29.9 Å². The molecule has 0 aliphatic carbocycles. The molecule has 1 saturated heterocycles. The molecule has 2 unspecified atom stereocenters. The van der Waals surface area contributed by atoms with Crippen LogP contribution in [0, 0.1) is 13.8 Å². The van der Waals surface area contributed by atoms with E-state index in [1.54, 1.807) is 36.0 Å². The summed E-state index contributed by atoms with van der Waals surface area (Å²) < 4.78 is 11.2. The van der Waals surface area contributed by atoms with Gasteiger partial charge < -0.3 is 9.47 Å². The molecule has 3 atom stereocenters. The summed E-state index contributed by atoms with van der Waals surface area (Å²) in [6.07, 6.45) is 0.499. The summed E-state index contributed by atoms with van der Waals surface area (Å²) in [5.74, 6) is -0.677. The second kappa shape index (κ2) is 8.61. The number of rotatable bonds is 5. The van der Waals surface area contributed by atoms with E-state index in [1.807, 2.05) is 38.1 Å². The normalized spacial score (nSPS) is 21.7. The molecule has 0 spiro atoms. The lowest BCUT2D eigenvalue weighted by Crippen LogP contribution is -2.29. The molecule has 5 heteroatoms. The van der Waals surface area contributed by atoms with Gasteiger partial charge in [0.1, 0.15) is 12.7 Å². The first-order chi connectivity index (χ1) is 12.9. The third-order valence-electron chi connectivity index (χ3n) is 4.60. The van der Waals surface area contributed by atoms with Gasteiger partial charge in [0.2, 0.25) is 0 Å². The Hall–Kier alpha value is -2.27. The number of carbonyl (C=O) groups is 2. The lowest BCUT2D eigenvalue weighted by Gasteiger charge is -2.19. The van der Waals surface area contributed by atoms with E-state index in [1.165, 1.54) is 0 Å². The lowest BCUT2D eigenvalue weighted by molar-refractivity contribution is 0.0214. The largest absolute Gasteiger partial charge is 0.461 e. The van der Waals surface area contributed by atoms with Crippen molar-refractivity contribution in [2.24, 2.45) is 0 Å². The first-order valence-electron chi connectivity index (χ1n) is 9.09. The van der Waals surface area contributed by atoms with Gasteiger partial charge in [-0.25, -0.2) is 9.59 Å². The molecule has 1 aliphatic rings. The molecule has 2 aromatic rings. The Morgan fingerprint density at radius 2 is 1.44 bits per heavy atom. The molecule has 0 amide bonds. The summed E-state index contributed by atoms with van der Waals surface area (Å²) in [6.45, 7) is 6.27. The van der Waals surface area contributed by atoms with E-state index in [9.17, 15) is 9.59 Å². The van der Waals surface area contributed by atoms with Crippen LogP contribution in [0.15, 0.2) is 48.5 Å². The Morgan fingerprint density at radius 1 is 0.926 bits per heavy atom. The number of hydrogen-bond donors (Lipinski definition) is 0. The van der Waals surface area contributed by atoms with Gasteiger partial charge in [-0.2, -0.15) is 0 Å². The van der Waals surface area contributed by atoms with Gasteiger partial charge in [-0.3, -0.25) is 0 Å². The number of ether oxygens (including phenoxy) is 2. The van der Waals surface area contributed by atoms with Crippen LogP contribution in [0.3, 0.4) is 0 Å². The number of aryl methyl sites for hydroxylation is 2. The Kier molecular flexibility index (Phi) is 6.22. The van der Waals surface area contributed by atoms with Gasteiger partial charge in [0.15, 0.2) is 0 Å². The first kappa shape index (κ1) is 19.5. The van der Waals surface area contributed by atoms with Crippen LogP contribution in [0.5, 0.6) is 0 Å². The van der Waals surface area contributed by atoms with E-state index < -0.39 is 0 Å². The Morgan fingerprint density at radius 3 is 2.00 bits per heavy atom. The molecule has 4 nitrogen and oxygen atoms in total. The summed E-state index contributed by atoms with van der Waals surface area (Å²) in [5, 5.41) is 0.299. The van der Waals surface area contributed by atoms with Gasteiger partial charge in [-0.05, 0) is 44.5 Å². The van der Waals surface area contributed by atoms with Gasteiger partial charge in [-0.15, -0.1) is 11.8 Å². The smallest absolute Gasteiger partial charge is 0.338 e. The van der Waals surface area contributed by atoms with Gasteiger partial charge in [0, 0.05) is 5.25 Å². The van der Waals surface area contributed by atoms with Crippen molar-refractivity contribution in [1.82, 2.24) is 0 Å². The maximum Gasteiger partial charge on any atom is 0.338 e. The number of thioether (sulfide) groups is 1. The van der Waals surface area contributed by atoms with Crippen LogP contribution in [0.1, 0.15) is 45.2 Å². The molecule has 1 heterocycles. The standard InChI is InChI=1S/C22H24O4S/c1-14-4-8-17(9-5-14)21(23)25-13-20-19(12-16(3)27-20)26-22(24)18-10-6-15(2)7-11-18/h4-11,16,19-20H,12-13H2,1-3H3/t16?,19?,20-/m0/s1. The van der Waals surface area contributed by atoms with Crippen LogP contribution in [0.2, 0.25) is 0 Å². The minimum Gasteiger partial charge on any atom is -0.461 e. The van der Waals surface area contributed by atoms with Crippen molar-refractivity contribution in [2.75, 3.05) is 6.61 Å². The third-order valence-corrected chi connectivity index (χ3v) is 6.04. The molecule has 142 valence electrons. The van der Waals surface area contributed by atoms with E-state index in [0.717, 1.165) is 17.5 Å². The van der Waals surface area contributed by atoms with E-state index in [0.29, 0.717) is 16.4 Å². The molecular weight excluding hydrogens is 360 g/mol. The van der Waals surface area contributed by atoms with Crippen molar-refractivity contribution in [3.8, 4) is 0 Å². The maximum absolute atomic E-state index is 12.4. The Bertz CT molecular complexity index is 798. The van der Waals surface area contributed by atoms with Crippen molar-refractivity contribution < 1.29 is 19.1 Å². The van der Waals surface area contributed by atoms with Crippen molar-refractivity contribution in [3.05, 3.63) is 70.8 Å². The molecule has 0 bridgehead atoms. The van der Waals surface area contributed by atoms with E-state index in [4.69, 9.17) is 9.47 Å². The highest BCUT2D eigenvalue weighted by Gasteiger charge is 2.36. The summed E-state index contributed by atoms with van der Waals surface area (Å²) in [5.41, 5.74) is 3.26. The van der Waals surface area contributed by atoms with E-state index >= 15 is 0 Å². The SMILES string of the molecule is Cc1ccc(C(=O)OC[C@@H]2SC(C)CC2OC(=O)c2ccc(C)cc2)cc1. The molecule has 0 radical (unpaired) electrons. The van der Waals surface area contributed by atoms with Crippen LogP contribution in [-0.4, -0.2) is 35.1 Å². The average Bonchev–Trinajstić information content (AvgIpc) is 3.00. The van der Waals surface area contributed by atoms with Gasteiger partial charge in [0.25, 0.3) is 0 Å². The van der Waals surface area contributed by atoms with Gasteiger partial charge in [0.05, 0.1) is 16.4 Å². The van der Waals surface area contributed by atoms with Crippen molar-refractivity contribution in [3.63, 3.8) is 0 Å². The Labute approximate surface area is 164 Å². The van der Waals surface area contributed by atoms with Crippen molar-refractivity contribution in [1.29, 1.82) is 0 Å². The molecule has 2 aromatic carbocycles. The second-order valence-electron chi connectivity index (χ2n) is 7.00. The highest BCUT2D eigenvalue weighted by atomic mass is 32.2. The number of carbonyl (C=O) groups excluding carboxylic acids is 2. The minimum absolute atomic E-state index is 0.0520. The second-order valence-corrected chi connectivity index (χ2v) is 8.68. The fraction of sp³-hybridized carbons (Fsp3) is 0.364. The number of hydrogen-bond acceptors (Lipinski definition) is 5. The molecule has 0 saturated carbocycles. The van der Waals surface area contributed by atoms with Crippen LogP contribution in [0.4, 0.5) is 0 Å². The molecule has 27 heavy (non-hydrogen) atoms. The number of benzene rings is 2. The molecular formula is C22H24O4S. The molecule has 0 N–H and O–H groups in total. The predicted molar refractivity (Wildman–Crippen MR) is 107 cm³/mol. The summed E-state index contributed by atoms with van der Waals surface area (Å²) in [6, 6.07) is 14.6. The fourth-order valence-electron chi connectivity index (χ4n) is 3.02. The number of esters is 2. The van der Waals surface area contributed by atoms with Crippen molar-refractivity contribution >= 4 is 23.7 Å². The average molecular weight is 384 g/mol. The Balaban J connectivity index is 1.58. The zero-order chi connectivity index (χ0) is 19.4. The highest BCUT2D eigenvalue weighted by Crippen LogP contribution is 2.36. The van der Waals surface area contributed by atoms with Crippen LogP contribution in [-0.2, 0) is 9.47 Å². The topological polar surface area (TPSA) is 52.6 Å². The molecule has 1 aliphatic heterocycles. The van der Waals surface area contributed by atoms with Crippen LogP contribution >= 0.6 is 11.8 Å². The quantitative estimate of drug-likeness (QED) is 0.706. The van der Waals surface area contributed by atoms with Crippen LogP contribution < -0.4 is 0 Å². The molecule has 3 rings (SSSR count). The highest BCUT2D eigenvalue weighted by molar-refractivity contribution is 8.00. The van der Waals surface area contributed by atoms with E-state index in [2.05, 4.69) is 6.92 Å². The summed E-state index contributed by atoms with van der Waals surface area (Å²) in [4.78, 5) is 24.7. The summed E-state index contributed by atoms with van der Waals surface area (Å²) in [7, 11) is 0. The first-order valence-corrected chi connectivity index (χ1v) is 10.0. The summed E-state index contributed by atoms with van der Waals surface area (Å²) >= 11 is 1.70.